The molecule has 0 saturated heterocycles. The van der Waals surface area contributed by atoms with Crippen LogP contribution in [0.3, 0.4) is 0 Å². The quantitative estimate of drug-likeness (QED) is 0.773. The smallest absolute Gasteiger partial charge is 0.351 e. The van der Waals surface area contributed by atoms with Crippen LogP contribution < -0.4 is 5.32 Å². The van der Waals surface area contributed by atoms with E-state index < -0.39 is 24.6 Å². The Balaban J connectivity index is 3.06. The van der Waals surface area contributed by atoms with E-state index in [4.69, 9.17) is 0 Å². The molecule has 0 aliphatic heterocycles. The maximum absolute atomic E-state index is 12.5. The number of benzene rings is 1. The summed E-state index contributed by atoms with van der Waals surface area (Å²) in [7, 11) is 1.41. The minimum atomic E-state index is -5.53. The third kappa shape index (κ3) is 5.48. The summed E-state index contributed by atoms with van der Waals surface area (Å²) in [6.07, 6.45) is -16.3. The van der Waals surface area contributed by atoms with Crippen molar-refractivity contribution in [3.63, 3.8) is 0 Å². The van der Waals surface area contributed by atoms with Crippen molar-refractivity contribution in [2.75, 3.05) is 13.6 Å². The van der Waals surface area contributed by atoms with Gasteiger partial charge in [-0.15, -0.1) is 0 Å². The van der Waals surface area contributed by atoms with Gasteiger partial charge in [0.05, 0.1) is 6.10 Å². The van der Waals surface area contributed by atoms with E-state index in [-0.39, 0.29) is 12.1 Å². The summed E-state index contributed by atoms with van der Waals surface area (Å²) in [4.78, 5) is 0. The van der Waals surface area contributed by atoms with Gasteiger partial charge in [-0.3, -0.25) is 0 Å². The van der Waals surface area contributed by atoms with Crippen LogP contribution in [0.25, 0.3) is 0 Å². The molecular formula is C12H12BrF6NO. The second kappa shape index (κ2) is 6.97. The van der Waals surface area contributed by atoms with Gasteiger partial charge in [-0.2, -0.15) is 26.3 Å². The molecular weight excluding hydrogens is 368 g/mol. The number of hydrogen-bond donors (Lipinski definition) is 1. The van der Waals surface area contributed by atoms with Gasteiger partial charge in [0, 0.05) is 11.0 Å². The summed E-state index contributed by atoms with van der Waals surface area (Å²) in [6, 6.07) is 5.91. The van der Waals surface area contributed by atoms with Crippen molar-refractivity contribution in [2.45, 2.75) is 24.6 Å². The number of halogens is 7. The maximum atomic E-state index is 12.5. The van der Waals surface area contributed by atoms with E-state index in [0.717, 1.165) is 0 Å². The number of alkyl halides is 6. The zero-order valence-electron chi connectivity index (χ0n) is 10.7. The van der Waals surface area contributed by atoms with E-state index in [1.165, 1.54) is 25.2 Å². The van der Waals surface area contributed by atoms with Crippen LogP contribution in [0.1, 0.15) is 11.7 Å². The fraction of sp³-hybridized carbons (Fsp3) is 0.500. The van der Waals surface area contributed by atoms with Crippen LogP contribution in [0, 0.1) is 0 Å². The molecule has 2 nitrogen and oxygen atoms in total. The van der Waals surface area contributed by atoms with Crippen molar-refractivity contribution in [3.8, 4) is 0 Å². The maximum Gasteiger partial charge on any atom is 0.423 e. The van der Waals surface area contributed by atoms with Gasteiger partial charge in [-0.25, -0.2) is 0 Å². The minimum absolute atomic E-state index is 0.195. The molecule has 120 valence electrons. The minimum Gasteiger partial charge on any atom is -0.351 e. The first-order valence-corrected chi connectivity index (χ1v) is 6.54. The number of rotatable bonds is 5. The Morgan fingerprint density at radius 3 is 2.14 bits per heavy atom. The molecule has 1 N–H and O–H groups in total. The largest absolute Gasteiger partial charge is 0.423 e. The average molecular weight is 380 g/mol. The van der Waals surface area contributed by atoms with Crippen LogP contribution in [0.15, 0.2) is 28.7 Å². The first kappa shape index (κ1) is 18.2. The van der Waals surface area contributed by atoms with Gasteiger partial charge in [0.2, 0.25) is 6.10 Å². The molecule has 1 aromatic carbocycles. The molecule has 0 aromatic heterocycles. The number of hydrogen-bond acceptors (Lipinski definition) is 2. The summed E-state index contributed by atoms with van der Waals surface area (Å²) in [6.45, 7) is -0.195. The molecule has 21 heavy (non-hydrogen) atoms. The first-order valence-electron chi connectivity index (χ1n) is 5.74. The second-order valence-corrected chi connectivity index (χ2v) is 5.12. The summed E-state index contributed by atoms with van der Waals surface area (Å²) >= 11 is 3.11. The highest BCUT2D eigenvalue weighted by atomic mass is 79.9. The highest BCUT2D eigenvalue weighted by Crippen LogP contribution is 2.38. The highest BCUT2D eigenvalue weighted by molar-refractivity contribution is 9.10. The zero-order valence-corrected chi connectivity index (χ0v) is 12.3. The van der Waals surface area contributed by atoms with E-state index in [9.17, 15) is 26.3 Å². The Kier molecular flexibility index (Phi) is 6.06. The van der Waals surface area contributed by atoms with Gasteiger partial charge in [0.15, 0.2) is 0 Å². The van der Waals surface area contributed by atoms with Gasteiger partial charge in [0.1, 0.15) is 0 Å². The monoisotopic (exact) mass is 379 g/mol. The fourth-order valence-corrected chi connectivity index (χ4v) is 2.06. The van der Waals surface area contributed by atoms with E-state index in [0.29, 0.717) is 4.47 Å². The molecule has 0 saturated carbocycles. The van der Waals surface area contributed by atoms with Crippen molar-refractivity contribution >= 4 is 15.9 Å². The van der Waals surface area contributed by atoms with Gasteiger partial charge in [0.25, 0.3) is 0 Å². The van der Waals surface area contributed by atoms with E-state index >= 15 is 0 Å². The molecule has 1 atom stereocenters. The number of ether oxygens (including phenoxy) is 1. The van der Waals surface area contributed by atoms with Crippen LogP contribution in [0.2, 0.25) is 0 Å². The summed E-state index contributed by atoms with van der Waals surface area (Å²) in [5.41, 5.74) is 0.206. The van der Waals surface area contributed by atoms with E-state index in [1.54, 1.807) is 6.07 Å². The Hall–Kier alpha value is -0.800. The van der Waals surface area contributed by atoms with Gasteiger partial charge in [-0.1, -0.05) is 28.1 Å². The van der Waals surface area contributed by atoms with Crippen molar-refractivity contribution in [2.24, 2.45) is 0 Å². The van der Waals surface area contributed by atoms with Crippen molar-refractivity contribution in [1.82, 2.24) is 5.32 Å². The lowest BCUT2D eigenvalue weighted by Crippen LogP contribution is -2.46. The molecule has 9 heteroatoms. The average Bonchev–Trinajstić information content (AvgIpc) is 2.31. The third-order valence-electron chi connectivity index (χ3n) is 2.50. The van der Waals surface area contributed by atoms with E-state index in [2.05, 4.69) is 26.0 Å². The topological polar surface area (TPSA) is 21.3 Å². The third-order valence-corrected chi connectivity index (χ3v) is 3.00. The van der Waals surface area contributed by atoms with Crippen LogP contribution in [0.5, 0.6) is 0 Å². The van der Waals surface area contributed by atoms with Gasteiger partial charge in [-0.05, 0) is 24.7 Å². The summed E-state index contributed by atoms with van der Waals surface area (Å²) in [5, 5.41) is 2.52. The predicted molar refractivity (Wildman–Crippen MR) is 67.8 cm³/mol. The van der Waals surface area contributed by atoms with Crippen LogP contribution in [0.4, 0.5) is 26.3 Å². The number of nitrogens with one attached hydrogen (secondary N) is 1. The summed E-state index contributed by atoms with van der Waals surface area (Å²) < 4.78 is 80.1. The van der Waals surface area contributed by atoms with Crippen LogP contribution in [-0.2, 0) is 4.74 Å². The van der Waals surface area contributed by atoms with E-state index in [1.807, 2.05) is 0 Å². The zero-order chi connectivity index (χ0) is 16.3. The molecule has 0 amide bonds. The van der Waals surface area contributed by atoms with Crippen LogP contribution >= 0.6 is 15.9 Å². The Labute approximate surface area is 125 Å². The molecule has 1 unspecified atom stereocenters. The van der Waals surface area contributed by atoms with Gasteiger partial charge < -0.3 is 10.1 Å². The van der Waals surface area contributed by atoms with Crippen LogP contribution in [-0.4, -0.2) is 32.0 Å². The Bertz CT molecular complexity index is 448. The molecule has 0 spiro atoms. The molecule has 0 aliphatic rings. The molecule has 0 bridgehead atoms. The second-order valence-electron chi connectivity index (χ2n) is 4.20. The molecule has 0 aliphatic carbocycles. The van der Waals surface area contributed by atoms with Crippen molar-refractivity contribution in [1.29, 1.82) is 0 Å². The summed E-state index contributed by atoms with van der Waals surface area (Å²) in [5.74, 6) is 0. The predicted octanol–water partition coefficient (Wildman–Crippen LogP) is 4.22. The lowest BCUT2D eigenvalue weighted by molar-refractivity contribution is -0.331. The fourth-order valence-electron chi connectivity index (χ4n) is 1.64. The lowest BCUT2D eigenvalue weighted by Gasteiger charge is -2.28. The molecule has 0 radical (unpaired) electrons. The molecule has 1 rings (SSSR count). The molecule has 1 aromatic rings. The highest BCUT2D eigenvalue weighted by Gasteiger charge is 2.58. The van der Waals surface area contributed by atoms with Gasteiger partial charge >= 0.3 is 12.4 Å². The standard InChI is InChI=1S/C12H12BrF6NO/c1-20-6-9(7-3-2-4-8(13)5-7)21-10(11(14,15)16)12(17,18)19/h2-5,9-10,20H,6H2,1H3. The normalized spacial score (nSPS) is 14.5. The van der Waals surface area contributed by atoms with Crippen molar-refractivity contribution < 1.29 is 31.1 Å². The SMILES string of the molecule is CNCC(OC(C(F)(F)F)C(F)(F)F)c1cccc(Br)c1. The Morgan fingerprint density at radius 1 is 1.14 bits per heavy atom. The molecule has 0 heterocycles. The van der Waals surface area contributed by atoms with Crippen molar-refractivity contribution in [3.05, 3.63) is 34.3 Å². The molecule has 0 fully saturated rings. The Morgan fingerprint density at radius 2 is 1.71 bits per heavy atom. The first-order chi connectivity index (χ1) is 9.55. The number of likely N-dealkylation sites (N-methyl/N-ethyl adjacent to an activating group) is 1. The lowest BCUT2D eigenvalue weighted by atomic mass is 10.1.